The minimum absolute atomic E-state index is 0.0430. The molecule has 1 aliphatic rings. The minimum Gasteiger partial charge on any atom is -0.361 e. The van der Waals surface area contributed by atoms with Crippen LogP contribution in [0.15, 0.2) is 30.5 Å². The molecule has 0 radical (unpaired) electrons. The lowest BCUT2D eigenvalue weighted by molar-refractivity contribution is 0.0828. The van der Waals surface area contributed by atoms with Crippen molar-refractivity contribution in [3.63, 3.8) is 0 Å². The zero-order valence-electron chi connectivity index (χ0n) is 12.8. The molecule has 1 aromatic carbocycles. The monoisotopic (exact) mass is 283 g/mol. The molecule has 21 heavy (non-hydrogen) atoms. The molecule has 0 aliphatic carbocycles. The lowest BCUT2D eigenvalue weighted by Gasteiger charge is -2.21. The summed E-state index contributed by atoms with van der Waals surface area (Å²) in [6, 6.07) is 5.88. The van der Waals surface area contributed by atoms with Crippen LogP contribution in [0.4, 0.5) is 0 Å². The fourth-order valence-electron chi connectivity index (χ4n) is 2.79. The molecule has 0 saturated carbocycles. The molecule has 1 aromatic heterocycles. The van der Waals surface area contributed by atoms with Crippen molar-refractivity contribution in [2.75, 3.05) is 34.2 Å². The van der Waals surface area contributed by atoms with Crippen LogP contribution >= 0.6 is 0 Å². The standard InChI is InChI=1S/C17H21N3O/c1-19(2)17(21)13-4-5-16-14(10-13)15(11-18-16)12-6-8-20(3)9-7-12/h4-6,10-11,18H,7-9H2,1-3H3. The van der Waals surface area contributed by atoms with Crippen molar-refractivity contribution in [3.05, 3.63) is 41.6 Å². The zero-order valence-corrected chi connectivity index (χ0v) is 12.8. The van der Waals surface area contributed by atoms with Gasteiger partial charge >= 0.3 is 0 Å². The first-order valence-electron chi connectivity index (χ1n) is 7.27. The van der Waals surface area contributed by atoms with Crippen LogP contribution in [-0.4, -0.2) is 54.9 Å². The van der Waals surface area contributed by atoms with Gasteiger partial charge in [0.2, 0.25) is 0 Å². The first kappa shape index (κ1) is 13.9. The Bertz CT molecular complexity index is 712. The van der Waals surface area contributed by atoms with Gasteiger partial charge in [0.25, 0.3) is 5.91 Å². The number of carbonyl (C=O) groups is 1. The number of rotatable bonds is 2. The van der Waals surface area contributed by atoms with Gasteiger partial charge in [0, 0.05) is 55.4 Å². The maximum atomic E-state index is 12.1. The minimum atomic E-state index is 0.0430. The molecule has 2 heterocycles. The summed E-state index contributed by atoms with van der Waals surface area (Å²) in [6.45, 7) is 2.06. The summed E-state index contributed by atoms with van der Waals surface area (Å²) in [5.74, 6) is 0.0430. The molecule has 3 rings (SSSR count). The van der Waals surface area contributed by atoms with Gasteiger partial charge in [0.05, 0.1) is 0 Å². The number of aromatic amines is 1. The summed E-state index contributed by atoms with van der Waals surface area (Å²) in [4.78, 5) is 19.4. The van der Waals surface area contributed by atoms with Crippen LogP contribution in [0.5, 0.6) is 0 Å². The lowest BCUT2D eigenvalue weighted by atomic mass is 9.98. The highest BCUT2D eigenvalue weighted by Gasteiger charge is 2.15. The zero-order chi connectivity index (χ0) is 15.0. The quantitative estimate of drug-likeness (QED) is 0.920. The number of hydrogen-bond donors (Lipinski definition) is 1. The van der Waals surface area contributed by atoms with Crippen molar-refractivity contribution < 1.29 is 4.79 Å². The Kier molecular flexibility index (Phi) is 3.55. The number of likely N-dealkylation sites (N-methyl/N-ethyl adjacent to an activating group) is 1. The second-order valence-electron chi connectivity index (χ2n) is 5.90. The van der Waals surface area contributed by atoms with E-state index in [1.165, 1.54) is 11.1 Å². The summed E-state index contributed by atoms with van der Waals surface area (Å²) in [5.41, 5.74) is 4.42. The molecule has 4 heteroatoms. The number of H-pyrrole nitrogens is 1. The van der Waals surface area contributed by atoms with Gasteiger partial charge < -0.3 is 14.8 Å². The van der Waals surface area contributed by atoms with Crippen LogP contribution in [-0.2, 0) is 0 Å². The van der Waals surface area contributed by atoms with Crippen LogP contribution in [0.1, 0.15) is 22.3 Å². The van der Waals surface area contributed by atoms with E-state index in [2.05, 4.69) is 29.2 Å². The summed E-state index contributed by atoms with van der Waals surface area (Å²) < 4.78 is 0. The molecule has 0 unspecified atom stereocenters. The van der Waals surface area contributed by atoms with Gasteiger partial charge in [0.1, 0.15) is 0 Å². The summed E-state index contributed by atoms with van der Waals surface area (Å²) in [7, 11) is 5.70. The van der Waals surface area contributed by atoms with E-state index in [0.29, 0.717) is 0 Å². The fraction of sp³-hybridized carbons (Fsp3) is 0.353. The molecule has 0 bridgehead atoms. The number of aromatic nitrogens is 1. The van der Waals surface area contributed by atoms with E-state index >= 15 is 0 Å². The third-order valence-electron chi connectivity index (χ3n) is 4.09. The molecule has 4 nitrogen and oxygen atoms in total. The Labute approximate surface area is 125 Å². The van der Waals surface area contributed by atoms with Crippen molar-refractivity contribution in [2.24, 2.45) is 0 Å². The highest BCUT2D eigenvalue weighted by molar-refractivity contribution is 6.01. The number of carbonyl (C=O) groups excluding carboxylic acids is 1. The van der Waals surface area contributed by atoms with Gasteiger partial charge in [-0.05, 0) is 37.2 Å². The largest absolute Gasteiger partial charge is 0.361 e. The molecule has 110 valence electrons. The van der Waals surface area contributed by atoms with Gasteiger partial charge in [-0.1, -0.05) is 6.08 Å². The Morgan fingerprint density at radius 1 is 1.33 bits per heavy atom. The SMILES string of the molecule is CN1CC=C(c2c[nH]c3ccc(C(=O)N(C)C)cc23)CC1. The second kappa shape index (κ2) is 5.37. The molecule has 2 aromatic rings. The molecule has 0 fully saturated rings. The molecular formula is C17H21N3O. The number of fused-ring (bicyclic) bond motifs is 1. The molecule has 1 N–H and O–H groups in total. The predicted octanol–water partition coefficient (Wildman–Crippen LogP) is 2.59. The average Bonchev–Trinajstić information content (AvgIpc) is 2.90. The topological polar surface area (TPSA) is 39.3 Å². The van der Waals surface area contributed by atoms with Crippen LogP contribution in [0.2, 0.25) is 0 Å². The number of amides is 1. The van der Waals surface area contributed by atoms with E-state index in [-0.39, 0.29) is 5.91 Å². The molecule has 1 aliphatic heterocycles. The normalized spacial score (nSPS) is 16.0. The van der Waals surface area contributed by atoms with E-state index in [1.807, 2.05) is 18.2 Å². The van der Waals surface area contributed by atoms with Crippen molar-refractivity contribution in [1.29, 1.82) is 0 Å². The van der Waals surface area contributed by atoms with Crippen molar-refractivity contribution in [2.45, 2.75) is 6.42 Å². The average molecular weight is 283 g/mol. The van der Waals surface area contributed by atoms with Crippen LogP contribution < -0.4 is 0 Å². The molecular weight excluding hydrogens is 262 g/mol. The Morgan fingerprint density at radius 3 is 2.81 bits per heavy atom. The fourth-order valence-corrected chi connectivity index (χ4v) is 2.79. The van der Waals surface area contributed by atoms with Gasteiger partial charge in [-0.3, -0.25) is 4.79 Å². The molecule has 0 spiro atoms. The summed E-state index contributed by atoms with van der Waals surface area (Å²) in [5, 5.41) is 1.14. The predicted molar refractivity (Wildman–Crippen MR) is 86.4 cm³/mol. The third kappa shape index (κ3) is 2.59. The molecule has 0 saturated heterocycles. The van der Waals surface area contributed by atoms with E-state index in [9.17, 15) is 4.79 Å². The van der Waals surface area contributed by atoms with Gasteiger partial charge in [-0.2, -0.15) is 0 Å². The smallest absolute Gasteiger partial charge is 0.253 e. The summed E-state index contributed by atoms with van der Waals surface area (Å²) in [6.07, 6.45) is 5.40. The van der Waals surface area contributed by atoms with Gasteiger partial charge in [-0.15, -0.1) is 0 Å². The first-order valence-corrected chi connectivity index (χ1v) is 7.27. The lowest BCUT2D eigenvalue weighted by Crippen LogP contribution is -2.23. The third-order valence-corrected chi connectivity index (χ3v) is 4.09. The van der Waals surface area contributed by atoms with Crippen LogP contribution in [0.3, 0.4) is 0 Å². The van der Waals surface area contributed by atoms with E-state index in [0.717, 1.165) is 36.0 Å². The molecule has 0 atom stereocenters. The summed E-state index contributed by atoms with van der Waals surface area (Å²) >= 11 is 0. The molecule has 1 amide bonds. The van der Waals surface area contributed by atoms with E-state index in [1.54, 1.807) is 19.0 Å². The maximum absolute atomic E-state index is 12.1. The van der Waals surface area contributed by atoms with Crippen LogP contribution in [0, 0.1) is 0 Å². The van der Waals surface area contributed by atoms with Crippen LogP contribution in [0.25, 0.3) is 16.5 Å². The first-order chi connectivity index (χ1) is 10.1. The number of benzene rings is 1. The maximum Gasteiger partial charge on any atom is 0.253 e. The number of hydrogen-bond acceptors (Lipinski definition) is 2. The highest BCUT2D eigenvalue weighted by atomic mass is 16.2. The van der Waals surface area contributed by atoms with Gasteiger partial charge in [0.15, 0.2) is 0 Å². The number of nitrogens with one attached hydrogen (secondary N) is 1. The highest BCUT2D eigenvalue weighted by Crippen LogP contribution is 2.29. The Balaban J connectivity index is 2.04. The van der Waals surface area contributed by atoms with Crippen molar-refractivity contribution in [3.8, 4) is 0 Å². The number of nitrogens with zero attached hydrogens (tertiary/aromatic N) is 2. The van der Waals surface area contributed by atoms with Crippen molar-refractivity contribution >= 4 is 22.4 Å². The van der Waals surface area contributed by atoms with Gasteiger partial charge in [-0.25, -0.2) is 0 Å². The Hall–Kier alpha value is -2.07. The van der Waals surface area contributed by atoms with E-state index in [4.69, 9.17) is 0 Å². The Morgan fingerprint density at radius 2 is 2.14 bits per heavy atom. The van der Waals surface area contributed by atoms with Crippen molar-refractivity contribution in [1.82, 2.24) is 14.8 Å². The second-order valence-corrected chi connectivity index (χ2v) is 5.90. The van der Waals surface area contributed by atoms with E-state index < -0.39 is 0 Å².